The van der Waals surface area contributed by atoms with Crippen molar-refractivity contribution < 1.29 is 14.3 Å². The maximum atomic E-state index is 9.18. The number of carbonyl (C=O) groups excluding carboxylic acids is 1. The summed E-state index contributed by atoms with van der Waals surface area (Å²) in [6.45, 7) is 10.4. The fraction of sp³-hybridized carbons (Fsp3) is 0.348. The molecule has 0 bridgehead atoms. The van der Waals surface area contributed by atoms with Gasteiger partial charge < -0.3 is 14.0 Å². The van der Waals surface area contributed by atoms with E-state index in [0.29, 0.717) is 19.7 Å². The molecule has 146 valence electrons. The van der Waals surface area contributed by atoms with Crippen molar-refractivity contribution in [3.63, 3.8) is 0 Å². The number of hydrogen-bond acceptors (Lipinski definition) is 3. The van der Waals surface area contributed by atoms with Crippen molar-refractivity contribution in [2.45, 2.75) is 47.3 Å². The van der Waals surface area contributed by atoms with Gasteiger partial charge in [0.05, 0.1) is 6.61 Å². The van der Waals surface area contributed by atoms with Crippen LogP contribution in [0.3, 0.4) is 0 Å². The molecule has 27 heavy (non-hydrogen) atoms. The van der Waals surface area contributed by atoms with E-state index in [1.807, 2.05) is 32.0 Å². The molecule has 1 aromatic heterocycles. The van der Waals surface area contributed by atoms with Crippen LogP contribution in [0.2, 0.25) is 0 Å². The highest BCUT2D eigenvalue weighted by atomic mass is 16.5. The molecule has 1 aliphatic rings. The van der Waals surface area contributed by atoms with Gasteiger partial charge in [0.15, 0.2) is 0 Å². The molecular formula is C23H31NO3. The molecule has 0 saturated heterocycles. The van der Waals surface area contributed by atoms with Crippen molar-refractivity contribution in [3.05, 3.63) is 70.6 Å². The molecule has 4 heteroatoms. The molecule has 0 fully saturated rings. The summed E-state index contributed by atoms with van der Waals surface area (Å²) in [6.07, 6.45) is 9.58. The third kappa shape index (κ3) is 7.57. The second-order valence-electron chi connectivity index (χ2n) is 5.46. The van der Waals surface area contributed by atoms with Crippen LogP contribution in [0.15, 0.2) is 54.4 Å². The number of aryl methyl sites for hydroxylation is 1. The lowest BCUT2D eigenvalue weighted by Gasteiger charge is -2.06. The van der Waals surface area contributed by atoms with Gasteiger partial charge in [0.2, 0.25) is 0 Å². The Kier molecular flexibility index (Phi) is 11.1. The molecule has 1 heterocycles. The second kappa shape index (κ2) is 13.5. The van der Waals surface area contributed by atoms with Crippen molar-refractivity contribution in [1.29, 1.82) is 0 Å². The zero-order chi connectivity index (χ0) is 19.9. The Balaban J connectivity index is 0.000000454. The Morgan fingerprint density at radius 3 is 2.41 bits per heavy atom. The molecule has 0 aliphatic heterocycles. The number of benzene rings is 1. The minimum absolute atomic E-state index is 0.431. The van der Waals surface area contributed by atoms with Crippen molar-refractivity contribution >= 4 is 18.6 Å². The van der Waals surface area contributed by atoms with Crippen LogP contribution in [0, 0.1) is 0 Å². The monoisotopic (exact) mass is 369 g/mol. The van der Waals surface area contributed by atoms with E-state index in [9.17, 15) is 4.79 Å². The maximum Gasteiger partial charge on any atom is 0.293 e. The molecule has 0 amide bonds. The van der Waals surface area contributed by atoms with Gasteiger partial charge in [0, 0.05) is 23.3 Å². The van der Waals surface area contributed by atoms with Gasteiger partial charge in [-0.25, -0.2) is 0 Å². The van der Waals surface area contributed by atoms with E-state index >= 15 is 0 Å². The van der Waals surface area contributed by atoms with Gasteiger partial charge in [-0.15, -0.1) is 0 Å². The molecule has 2 aromatic rings. The highest BCUT2D eigenvalue weighted by Crippen LogP contribution is 2.09. The van der Waals surface area contributed by atoms with Crippen LogP contribution in [-0.2, 0) is 27.4 Å². The van der Waals surface area contributed by atoms with Crippen molar-refractivity contribution in [2.24, 2.45) is 0 Å². The molecule has 0 saturated carbocycles. The third-order valence-corrected chi connectivity index (χ3v) is 3.79. The van der Waals surface area contributed by atoms with Crippen LogP contribution in [0.1, 0.15) is 39.7 Å². The van der Waals surface area contributed by atoms with E-state index in [2.05, 4.69) is 58.9 Å². The van der Waals surface area contributed by atoms with Gasteiger partial charge in [0.25, 0.3) is 6.47 Å². The zero-order valence-corrected chi connectivity index (χ0v) is 16.9. The van der Waals surface area contributed by atoms with E-state index in [4.69, 9.17) is 4.74 Å². The van der Waals surface area contributed by atoms with Crippen molar-refractivity contribution in [1.82, 2.24) is 4.57 Å². The lowest BCUT2D eigenvalue weighted by molar-refractivity contribution is -0.128. The standard InChI is InChI=1S/C18H19NO.C3H6O2.C2H6/c1-2-19-12-11-16-13-17(9-6-10-18(16)19)20-14-15-7-4-3-5-8-15;1-2-5-3-4;1-2/h3-5,7-13H,2,6,14H2,1H3;3H,2H2,1H3;1-2H3. The lowest BCUT2D eigenvalue weighted by atomic mass is 10.2. The predicted octanol–water partition coefficient (Wildman–Crippen LogP) is 3.78. The van der Waals surface area contributed by atoms with E-state index in [1.54, 1.807) is 6.92 Å². The summed E-state index contributed by atoms with van der Waals surface area (Å²) in [5.41, 5.74) is 1.20. The fourth-order valence-electron chi connectivity index (χ4n) is 2.54. The molecule has 0 spiro atoms. The Morgan fingerprint density at radius 2 is 1.81 bits per heavy atom. The molecule has 1 aliphatic carbocycles. The minimum atomic E-state index is 0.431. The third-order valence-electron chi connectivity index (χ3n) is 3.79. The molecule has 0 N–H and O–H groups in total. The molecule has 0 atom stereocenters. The van der Waals surface area contributed by atoms with Crippen LogP contribution in [-0.4, -0.2) is 17.6 Å². The molecule has 1 aromatic carbocycles. The minimum Gasteiger partial charge on any atom is -0.489 e. The second-order valence-corrected chi connectivity index (χ2v) is 5.46. The molecule has 4 nitrogen and oxygen atoms in total. The molecule has 0 unspecified atom stereocenters. The number of nitrogens with zero attached hydrogens (tertiary/aromatic N) is 1. The van der Waals surface area contributed by atoms with Gasteiger partial charge in [-0.1, -0.05) is 50.3 Å². The van der Waals surface area contributed by atoms with Crippen LogP contribution < -0.4 is 10.6 Å². The first-order valence-corrected chi connectivity index (χ1v) is 9.57. The number of ether oxygens (including phenoxy) is 2. The molecule has 3 rings (SSSR count). The summed E-state index contributed by atoms with van der Waals surface area (Å²) in [6, 6.07) is 12.4. The van der Waals surface area contributed by atoms with Gasteiger partial charge >= 0.3 is 0 Å². The maximum absolute atomic E-state index is 9.18. The normalized spacial score (nSPS) is 11.5. The topological polar surface area (TPSA) is 40.5 Å². The summed E-state index contributed by atoms with van der Waals surface area (Å²) >= 11 is 0. The fourth-order valence-corrected chi connectivity index (χ4v) is 2.54. The Labute approximate surface area is 162 Å². The first-order chi connectivity index (χ1) is 13.3. The smallest absolute Gasteiger partial charge is 0.293 e. The number of aromatic nitrogens is 1. The Bertz CT molecular complexity index is 804. The SMILES string of the molecule is CC.CCOC=O.CCn1ccc2c1=CCC=C(OCc1ccccc1)C=2. The van der Waals surface area contributed by atoms with Gasteiger partial charge in [-0.3, -0.25) is 4.79 Å². The van der Waals surface area contributed by atoms with Gasteiger partial charge in [-0.05, 0) is 44.1 Å². The van der Waals surface area contributed by atoms with Gasteiger partial charge in [-0.2, -0.15) is 0 Å². The van der Waals surface area contributed by atoms with E-state index in [0.717, 1.165) is 18.7 Å². The molecular weight excluding hydrogens is 338 g/mol. The lowest BCUT2D eigenvalue weighted by Crippen LogP contribution is -2.28. The summed E-state index contributed by atoms with van der Waals surface area (Å²) in [7, 11) is 0. The number of hydrogen-bond donors (Lipinski definition) is 0. The quantitative estimate of drug-likeness (QED) is 0.728. The first kappa shape index (κ1) is 22.3. The number of carbonyl (C=O) groups is 1. The van der Waals surface area contributed by atoms with Crippen LogP contribution in [0.5, 0.6) is 0 Å². The summed E-state index contributed by atoms with van der Waals surface area (Å²) < 4.78 is 12.3. The van der Waals surface area contributed by atoms with E-state index in [-0.39, 0.29) is 0 Å². The van der Waals surface area contributed by atoms with Crippen LogP contribution in [0.4, 0.5) is 0 Å². The summed E-state index contributed by atoms with van der Waals surface area (Å²) in [5.74, 6) is 0.956. The van der Waals surface area contributed by atoms with E-state index in [1.165, 1.54) is 16.1 Å². The highest BCUT2D eigenvalue weighted by Gasteiger charge is 2.02. The zero-order valence-electron chi connectivity index (χ0n) is 16.9. The largest absolute Gasteiger partial charge is 0.489 e. The number of rotatable bonds is 6. The molecule has 0 radical (unpaired) electrons. The van der Waals surface area contributed by atoms with E-state index < -0.39 is 0 Å². The summed E-state index contributed by atoms with van der Waals surface area (Å²) in [5, 5.41) is 2.53. The first-order valence-electron chi connectivity index (χ1n) is 9.57. The van der Waals surface area contributed by atoms with Crippen LogP contribution in [0.25, 0.3) is 12.2 Å². The highest BCUT2D eigenvalue weighted by molar-refractivity contribution is 5.47. The average Bonchev–Trinajstić information content (AvgIpc) is 2.99. The van der Waals surface area contributed by atoms with Crippen molar-refractivity contribution in [2.75, 3.05) is 6.61 Å². The Morgan fingerprint density at radius 1 is 1.07 bits per heavy atom. The van der Waals surface area contributed by atoms with Gasteiger partial charge in [0.1, 0.15) is 12.4 Å². The number of fused-ring (bicyclic) bond motifs is 1. The predicted molar refractivity (Wildman–Crippen MR) is 111 cm³/mol. The Hall–Kier alpha value is -2.75. The number of allylic oxidation sites excluding steroid dienone is 2. The van der Waals surface area contributed by atoms with Crippen molar-refractivity contribution in [3.8, 4) is 0 Å². The average molecular weight is 370 g/mol. The summed E-state index contributed by atoms with van der Waals surface area (Å²) in [4.78, 5) is 9.18. The van der Waals surface area contributed by atoms with Crippen LogP contribution >= 0.6 is 0 Å².